The van der Waals surface area contributed by atoms with E-state index in [0.29, 0.717) is 28.7 Å². The maximum absolute atomic E-state index is 12.2. The molecular formula is C12H13Cl2NO2. The molecule has 1 aromatic carbocycles. The van der Waals surface area contributed by atoms with Gasteiger partial charge >= 0.3 is 0 Å². The molecule has 3 nitrogen and oxygen atoms in total. The second-order valence-corrected chi connectivity index (χ2v) is 4.96. The van der Waals surface area contributed by atoms with Gasteiger partial charge in [-0.1, -0.05) is 29.3 Å². The Morgan fingerprint density at radius 2 is 2.00 bits per heavy atom. The first-order chi connectivity index (χ1) is 8.09. The molecule has 1 unspecified atom stereocenters. The van der Waals surface area contributed by atoms with Crippen LogP contribution in [0, 0.1) is 0 Å². The van der Waals surface area contributed by atoms with E-state index in [1.165, 1.54) is 0 Å². The van der Waals surface area contributed by atoms with Gasteiger partial charge in [0.25, 0.3) is 5.91 Å². The predicted molar refractivity (Wildman–Crippen MR) is 67.6 cm³/mol. The van der Waals surface area contributed by atoms with Crippen molar-refractivity contribution in [3.05, 3.63) is 33.8 Å². The molecule has 1 aliphatic rings. The Morgan fingerprint density at radius 3 is 2.59 bits per heavy atom. The Labute approximate surface area is 110 Å². The van der Waals surface area contributed by atoms with Gasteiger partial charge < -0.3 is 10.0 Å². The fourth-order valence-electron chi connectivity index (χ4n) is 2.00. The maximum atomic E-state index is 12.2. The van der Waals surface area contributed by atoms with Crippen molar-refractivity contribution in [2.45, 2.75) is 18.9 Å². The summed E-state index contributed by atoms with van der Waals surface area (Å²) in [5.41, 5.74) is 0.324. The van der Waals surface area contributed by atoms with E-state index in [1.54, 1.807) is 23.1 Å². The summed E-state index contributed by atoms with van der Waals surface area (Å²) >= 11 is 12.0. The molecule has 1 heterocycles. The minimum absolute atomic E-state index is 0.209. The van der Waals surface area contributed by atoms with Crippen LogP contribution < -0.4 is 0 Å². The van der Waals surface area contributed by atoms with Gasteiger partial charge in [-0.25, -0.2) is 0 Å². The molecule has 1 atom stereocenters. The van der Waals surface area contributed by atoms with Gasteiger partial charge in [-0.2, -0.15) is 0 Å². The van der Waals surface area contributed by atoms with Crippen LogP contribution in [-0.2, 0) is 0 Å². The molecule has 1 fully saturated rings. The number of rotatable bonds is 1. The first-order valence-electron chi connectivity index (χ1n) is 5.51. The summed E-state index contributed by atoms with van der Waals surface area (Å²) in [6, 6.07) is 4.98. The van der Waals surface area contributed by atoms with Gasteiger partial charge in [0, 0.05) is 13.1 Å². The van der Waals surface area contributed by atoms with Crippen molar-refractivity contribution in [3.63, 3.8) is 0 Å². The van der Waals surface area contributed by atoms with E-state index in [-0.39, 0.29) is 5.91 Å². The van der Waals surface area contributed by atoms with Crippen molar-refractivity contribution in [1.82, 2.24) is 4.90 Å². The van der Waals surface area contributed by atoms with Crippen LogP contribution in [0.5, 0.6) is 0 Å². The first-order valence-corrected chi connectivity index (χ1v) is 6.26. The second kappa shape index (κ2) is 5.25. The standard InChI is InChI=1S/C12H13Cl2NO2/c13-9-4-1-5-10(14)11(9)12(17)15-6-2-3-8(16)7-15/h1,4-5,8,16H,2-3,6-7H2. The van der Waals surface area contributed by atoms with Crippen LogP contribution in [0.2, 0.25) is 10.0 Å². The van der Waals surface area contributed by atoms with Crippen molar-refractivity contribution < 1.29 is 9.90 Å². The van der Waals surface area contributed by atoms with Crippen molar-refractivity contribution in [1.29, 1.82) is 0 Å². The summed E-state index contributed by atoms with van der Waals surface area (Å²) in [6.07, 6.45) is 1.09. The smallest absolute Gasteiger partial charge is 0.256 e. The number of β-amino-alcohol motifs (C(OH)–C–C–N with tert-alkyl or cyclic N) is 1. The Balaban J connectivity index is 2.24. The minimum Gasteiger partial charge on any atom is -0.391 e. The zero-order chi connectivity index (χ0) is 12.4. The van der Waals surface area contributed by atoms with Crippen LogP contribution in [0.4, 0.5) is 0 Å². The number of aliphatic hydroxyl groups is 1. The molecule has 2 rings (SSSR count). The van der Waals surface area contributed by atoms with E-state index in [0.717, 1.165) is 12.8 Å². The van der Waals surface area contributed by atoms with Crippen LogP contribution >= 0.6 is 23.2 Å². The number of halogens is 2. The number of carbonyl (C=O) groups excluding carboxylic acids is 1. The lowest BCUT2D eigenvalue weighted by atomic mass is 10.1. The lowest BCUT2D eigenvalue weighted by Crippen LogP contribution is -2.42. The summed E-state index contributed by atoms with van der Waals surface area (Å²) < 4.78 is 0. The van der Waals surface area contributed by atoms with Crippen LogP contribution in [0.1, 0.15) is 23.2 Å². The summed E-state index contributed by atoms with van der Waals surface area (Å²) in [6.45, 7) is 0.984. The SMILES string of the molecule is O=C(c1c(Cl)cccc1Cl)N1CCCC(O)C1. The number of likely N-dealkylation sites (tertiary alicyclic amines) is 1. The lowest BCUT2D eigenvalue weighted by Gasteiger charge is -2.30. The molecule has 1 amide bonds. The number of piperidine rings is 1. The van der Waals surface area contributed by atoms with Crippen LogP contribution in [-0.4, -0.2) is 35.1 Å². The van der Waals surface area contributed by atoms with Gasteiger partial charge in [-0.15, -0.1) is 0 Å². The van der Waals surface area contributed by atoms with Gasteiger partial charge in [0.05, 0.1) is 21.7 Å². The highest BCUT2D eigenvalue weighted by atomic mass is 35.5. The summed E-state index contributed by atoms with van der Waals surface area (Å²) in [5, 5.41) is 10.3. The van der Waals surface area contributed by atoms with Crippen molar-refractivity contribution in [3.8, 4) is 0 Å². The molecule has 92 valence electrons. The van der Waals surface area contributed by atoms with Crippen molar-refractivity contribution in [2.24, 2.45) is 0 Å². The predicted octanol–water partition coefficient (Wildman–Crippen LogP) is 2.59. The monoisotopic (exact) mass is 273 g/mol. The Morgan fingerprint density at radius 1 is 1.35 bits per heavy atom. The molecule has 17 heavy (non-hydrogen) atoms. The normalized spacial score (nSPS) is 20.4. The Bertz CT molecular complexity index is 416. The number of benzene rings is 1. The maximum Gasteiger partial charge on any atom is 0.256 e. The molecule has 1 N–H and O–H groups in total. The third kappa shape index (κ3) is 2.73. The van der Waals surface area contributed by atoms with Gasteiger partial charge in [0.15, 0.2) is 0 Å². The van der Waals surface area contributed by atoms with Gasteiger partial charge in [0.2, 0.25) is 0 Å². The van der Waals surface area contributed by atoms with Crippen molar-refractivity contribution >= 4 is 29.1 Å². The molecule has 1 aliphatic heterocycles. The fraction of sp³-hybridized carbons (Fsp3) is 0.417. The highest BCUT2D eigenvalue weighted by Crippen LogP contribution is 2.26. The average Bonchev–Trinajstić information content (AvgIpc) is 2.28. The van der Waals surface area contributed by atoms with Gasteiger partial charge in [-0.05, 0) is 25.0 Å². The van der Waals surface area contributed by atoms with E-state index in [4.69, 9.17) is 23.2 Å². The lowest BCUT2D eigenvalue weighted by molar-refractivity contribution is 0.0474. The largest absolute Gasteiger partial charge is 0.391 e. The third-order valence-corrected chi connectivity index (χ3v) is 3.49. The quantitative estimate of drug-likeness (QED) is 0.855. The number of hydrogen-bond donors (Lipinski definition) is 1. The molecule has 0 spiro atoms. The topological polar surface area (TPSA) is 40.5 Å². The zero-order valence-electron chi connectivity index (χ0n) is 9.20. The Hall–Kier alpha value is -0.770. The first kappa shape index (κ1) is 12.7. The molecule has 0 radical (unpaired) electrons. The van der Waals surface area contributed by atoms with E-state index < -0.39 is 6.10 Å². The summed E-state index contributed by atoms with van der Waals surface area (Å²) in [4.78, 5) is 13.8. The molecule has 5 heteroatoms. The third-order valence-electron chi connectivity index (χ3n) is 2.86. The number of hydrogen-bond acceptors (Lipinski definition) is 2. The number of nitrogens with zero attached hydrogens (tertiary/aromatic N) is 1. The summed E-state index contributed by atoms with van der Waals surface area (Å²) in [5.74, 6) is -0.209. The molecule has 0 saturated carbocycles. The number of carbonyl (C=O) groups is 1. The molecular weight excluding hydrogens is 261 g/mol. The molecule has 0 aromatic heterocycles. The summed E-state index contributed by atoms with van der Waals surface area (Å²) in [7, 11) is 0. The Kier molecular flexibility index (Phi) is 3.92. The number of aliphatic hydroxyl groups excluding tert-OH is 1. The van der Waals surface area contributed by atoms with Crippen LogP contribution in [0.3, 0.4) is 0 Å². The van der Waals surface area contributed by atoms with Crippen molar-refractivity contribution in [2.75, 3.05) is 13.1 Å². The van der Waals surface area contributed by atoms with E-state index >= 15 is 0 Å². The zero-order valence-corrected chi connectivity index (χ0v) is 10.7. The molecule has 1 saturated heterocycles. The van der Waals surface area contributed by atoms with Crippen LogP contribution in [0.25, 0.3) is 0 Å². The molecule has 1 aromatic rings. The fourth-order valence-corrected chi connectivity index (χ4v) is 2.56. The van der Waals surface area contributed by atoms with E-state index in [1.807, 2.05) is 0 Å². The minimum atomic E-state index is -0.450. The average molecular weight is 274 g/mol. The van der Waals surface area contributed by atoms with E-state index in [9.17, 15) is 9.90 Å². The molecule has 0 aliphatic carbocycles. The van der Waals surface area contributed by atoms with Crippen LogP contribution in [0.15, 0.2) is 18.2 Å². The second-order valence-electron chi connectivity index (χ2n) is 4.14. The highest BCUT2D eigenvalue weighted by molar-refractivity contribution is 6.39. The molecule has 0 bridgehead atoms. The van der Waals surface area contributed by atoms with Gasteiger partial charge in [-0.3, -0.25) is 4.79 Å². The van der Waals surface area contributed by atoms with Gasteiger partial charge in [0.1, 0.15) is 0 Å². The highest BCUT2D eigenvalue weighted by Gasteiger charge is 2.25. The van der Waals surface area contributed by atoms with E-state index in [2.05, 4.69) is 0 Å². The number of amides is 1.